The Morgan fingerprint density at radius 1 is 1.65 bits per heavy atom. The van der Waals surface area contributed by atoms with Crippen LogP contribution < -0.4 is 0 Å². The lowest BCUT2D eigenvalue weighted by molar-refractivity contribution is 0.0517. The van der Waals surface area contributed by atoms with E-state index >= 15 is 0 Å². The first-order valence-corrected chi connectivity index (χ1v) is 5.84. The fourth-order valence-electron chi connectivity index (χ4n) is 1.63. The Hall–Kier alpha value is -1.43. The maximum atomic E-state index is 13.3. The van der Waals surface area contributed by atoms with E-state index in [4.69, 9.17) is 4.74 Å². The normalized spacial score (nSPS) is 10.8. The van der Waals surface area contributed by atoms with Crippen molar-refractivity contribution in [2.75, 3.05) is 6.61 Å². The van der Waals surface area contributed by atoms with Gasteiger partial charge in [-0.15, -0.1) is 0 Å². The summed E-state index contributed by atoms with van der Waals surface area (Å²) in [7, 11) is 0. The molecule has 2 aromatic rings. The molecule has 2 aromatic heterocycles. The zero-order valence-corrected chi connectivity index (χ0v) is 10.9. The quantitative estimate of drug-likeness (QED) is 0.801. The van der Waals surface area contributed by atoms with Gasteiger partial charge in [-0.1, -0.05) is 0 Å². The molecule has 17 heavy (non-hydrogen) atoms. The van der Waals surface area contributed by atoms with Crippen LogP contribution in [0.5, 0.6) is 0 Å². The summed E-state index contributed by atoms with van der Waals surface area (Å²) in [6.07, 6.45) is 1.21. The van der Waals surface area contributed by atoms with Crippen molar-refractivity contribution in [2.45, 2.75) is 13.8 Å². The van der Waals surface area contributed by atoms with Crippen molar-refractivity contribution in [3.05, 3.63) is 33.9 Å². The molecule has 4 nitrogen and oxygen atoms in total. The molecule has 2 heterocycles. The van der Waals surface area contributed by atoms with Gasteiger partial charge in [0.15, 0.2) is 11.3 Å². The van der Waals surface area contributed by atoms with Gasteiger partial charge >= 0.3 is 5.97 Å². The molecule has 0 aliphatic carbocycles. The molecule has 0 saturated carbocycles. The van der Waals surface area contributed by atoms with Crippen LogP contribution in [0.15, 0.2) is 16.7 Å². The second-order valence-electron chi connectivity index (χ2n) is 3.47. The van der Waals surface area contributed by atoms with Crippen molar-refractivity contribution in [2.24, 2.45) is 0 Å². The molecule has 0 atom stereocenters. The minimum absolute atomic E-state index is 0.252. The molecule has 90 valence electrons. The van der Waals surface area contributed by atoms with E-state index in [0.29, 0.717) is 15.8 Å². The van der Waals surface area contributed by atoms with Crippen LogP contribution in [0.25, 0.3) is 5.65 Å². The van der Waals surface area contributed by atoms with Crippen LogP contribution in [0, 0.1) is 12.7 Å². The largest absolute Gasteiger partial charge is 0.461 e. The molecule has 0 bridgehead atoms. The number of pyridine rings is 1. The third kappa shape index (κ3) is 2.04. The molecule has 0 aliphatic heterocycles. The summed E-state index contributed by atoms with van der Waals surface area (Å²) in [6, 6.07) is 1.30. The SMILES string of the molecule is CCOC(=O)c1c(C)nc2c(Br)cc(F)cn12. The molecule has 6 heteroatoms. The van der Waals surface area contributed by atoms with Crippen LogP contribution in [0.2, 0.25) is 0 Å². The van der Waals surface area contributed by atoms with Gasteiger partial charge < -0.3 is 4.74 Å². The first-order chi connectivity index (χ1) is 8.04. The second kappa shape index (κ2) is 4.44. The Morgan fingerprint density at radius 2 is 2.35 bits per heavy atom. The van der Waals surface area contributed by atoms with Gasteiger partial charge in [0.25, 0.3) is 0 Å². The summed E-state index contributed by atoms with van der Waals surface area (Å²) in [5.74, 6) is -0.956. The highest BCUT2D eigenvalue weighted by atomic mass is 79.9. The number of carbonyl (C=O) groups excluding carboxylic acids is 1. The number of imidazole rings is 1. The predicted octanol–water partition coefficient (Wildman–Crippen LogP) is 2.72. The lowest BCUT2D eigenvalue weighted by Crippen LogP contribution is -2.09. The monoisotopic (exact) mass is 300 g/mol. The summed E-state index contributed by atoms with van der Waals surface area (Å²) in [6.45, 7) is 3.67. The summed E-state index contributed by atoms with van der Waals surface area (Å²) in [4.78, 5) is 15.9. The fourth-order valence-corrected chi connectivity index (χ4v) is 2.13. The summed E-state index contributed by atoms with van der Waals surface area (Å²) < 4.78 is 20.1. The highest BCUT2D eigenvalue weighted by Crippen LogP contribution is 2.22. The number of aromatic nitrogens is 2. The van der Waals surface area contributed by atoms with E-state index in [9.17, 15) is 9.18 Å². The number of rotatable bonds is 2. The van der Waals surface area contributed by atoms with E-state index in [1.165, 1.54) is 16.7 Å². The lowest BCUT2D eigenvalue weighted by atomic mass is 10.3. The number of fused-ring (bicyclic) bond motifs is 1. The Balaban J connectivity index is 2.70. The lowest BCUT2D eigenvalue weighted by Gasteiger charge is -2.03. The average molecular weight is 301 g/mol. The highest BCUT2D eigenvalue weighted by molar-refractivity contribution is 9.10. The molecule has 0 N–H and O–H groups in total. The molecule has 2 rings (SSSR count). The van der Waals surface area contributed by atoms with Crippen molar-refractivity contribution in [3.63, 3.8) is 0 Å². The van der Waals surface area contributed by atoms with Crippen LogP contribution in [-0.2, 0) is 4.74 Å². The third-order valence-corrected chi connectivity index (χ3v) is 2.87. The number of esters is 1. The first-order valence-electron chi connectivity index (χ1n) is 5.05. The smallest absolute Gasteiger partial charge is 0.357 e. The van der Waals surface area contributed by atoms with Crippen LogP contribution in [-0.4, -0.2) is 22.0 Å². The molecule has 0 unspecified atom stereocenters. The second-order valence-corrected chi connectivity index (χ2v) is 4.32. The molecule has 0 amide bonds. The van der Waals surface area contributed by atoms with Crippen LogP contribution in [0.4, 0.5) is 4.39 Å². The maximum absolute atomic E-state index is 13.3. The van der Waals surface area contributed by atoms with Crippen molar-refractivity contribution in [1.29, 1.82) is 0 Å². The van der Waals surface area contributed by atoms with E-state index < -0.39 is 11.8 Å². The minimum Gasteiger partial charge on any atom is -0.461 e. The molecule has 0 aliphatic rings. The highest BCUT2D eigenvalue weighted by Gasteiger charge is 2.19. The number of halogens is 2. The summed E-state index contributed by atoms with van der Waals surface area (Å²) in [5.41, 5.74) is 1.25. The van der Waals surface area contributed by atoms with E-state index in [1.807, 2.05) is 0 Å². The van der Waals surface area contributed by atoms with Gasteiger partial charge in [-0.25, -0.2) is 14.2 Å². The molecular formula is C11H10BrFN2O2. The third-order valence-electron chi connectivity index (χ3n) is 2.28. The zero-order valence-electron chi connectivity index (χ0n) is 9.33. The average Bonchev–Trinajstić information content (AvgIpc) is 2.55. The van der Waals surface area contributed by atoms with Crippen molar-refractivity contribution >= 4 is 27.5 Å². The summed E-state index contributed by atoms with van der Waals surface area (Å²) in [5, 5.41) is 0. The van der Waals surface area contributed by atoms with Crippen LogP contribution in [0.1, 0.15) is 23.1 Å². The van der Waals surface area contributed by atoms with Crippen molar-refractivity contribution < 1.29 is 13.9 Å². The molecular weight excluding hydrogens is 291 g/mol. The van der Waals surface area contributed by atoms with Gasteiger partial charge in [0.05, 0.1) is 16.8 Å². The number of aryl methyl sites for hydroxylation is 1. The van der Waals surface area contributed by atoms with E-state index in [2.05, 4.69) is 20.9 Å². The van der Waals surface area contributed by atoms with Gasteiger partial charge in [0.1, 0.15) is 5.82 Å². The molecule has 0 radical (unpaired) electrons. The Labute approximate surface area is 106 Å². The standard InChI is InChI=1S/C11H10BrFN2O2/c1-3-17-11(16)9-6(2)14-10-8(12)4-7(13)5-15(9)10/h4-5H,3H2,1-2H3. The van der Waals surface area contributed by atoms with Crippen molar-refractivity contribution in [1.82, 2.24) is 9.38 Å². The van der Waals surface area contributed by atoms with E-state index in [0.717, 1.165) is 0 Å². The van der Waals surface area contributed by atoms with Gasteiger partial charge in [0.2, 0.25) is 0 Å². The zero-order chi connectivity index (χ0) is 12.6. The van der Waals surface area contributed by atoms with E-state index in [1.54, 1.807) is 13.8 Å². The number of nitrogens with zero attached hydrogens (tertiary/aromatic N) is 2. The number of hydrogen-bond acceptors (Lipinski definition) is 3. The van der Waals surface area contributed by atoms with Gasteiger partial charge in [-0.2, -0.15) is 0 Å². The number of ether oxygens (including phenoxy) is 1. The van der Waals surface area contributed by atoms with Crippen molar-refractivity contribution in [3.8, 4) is 0 Å². The Bertz CT molecular complexity index is 595. The van der Waals surface area contributed by atoms with Crippen LogP contribution in [0.3, 0.4) is 0 Å². The summed E-state index contributed by atoms with van der Waals surface area (Å²) >= 11 is 3.21. The molecule has 0 spiro atoms. The van der Waals surface area contributed by atoms with Gasteiger partial charge in [-0.05, 0) is 35.8 Å². The predicted molar refractivity (Wildman–Crippen MR) is 63.5 cm³/mol. The maximum Gasteiger partial charge on any atom is 0.357 e. The fraction of sp³-hybridized carbons (Fsp3) is 0.273. The van der Waals surface area contributed by atoms with Crippen LogP contribution >= 0.6 is 15.9 Å². The van der Waals surface area contributed by atoms with E-state index in [-0.39, 0.29) is 12.3 Å². The first kappa shape index (κ1) is 12.0. The van der Waals surface area contributed by atoms with Gasteiger partial charge in [0, 0.05) is 6.20 Å². The Morgan fingerprint density at radius 3 is 3.00 bits per heavy atom. The number of hydrogen-bond donors (Lipinski definition) is 0. The molecule has 0 aromatic carbocycles. The van der Waals surface area contributed by atoms with Gasteiger partial charge in [-0.3, -0.25) is 4.40 Å². The number of carbonyl (C=O) groups is 1. The Kier molecular flexibility index (Phi) is 3.15. The molecule has 0 saturated heterocycles. The molecule has 0 fully saturated rings. The minimum atomic E-state index is -0.505. The topological polar surface area (TPSA) is 43.6 Å².